The molecule has 0 aromatic heterocycles. The maximum absolute atomic E-state index is 9.36. The SMILES string of the molecule is COc1ccc(OC)c(CN(CCO)Cc2ccc(C#N)cc2)c1. The van der Waals surface area contributed by atoms with Crippen LogP contribution in [0.2, 0.25) is 0 Å². The fraction of sp³-hybridized carbons (Fsp3) is 0.316. The lowest BCUT2D eigenvalue weighted by Crippen LogP contribution is -2.26. The number of hydrogen-bond acceptors (Lipinski definition) is 5. The van der Waals surface area contributed by atoms with E-state index in [1.807, 2.05) is 30.3 Å². The third-order valence-electron chi connectivity index (χ3n) is 3.79. The maximum Gasteiger partial charge on any atom is 0.123 e. The molecule has 2 rings (SSSR count). The van der Waals surface area contributed by atoms with Crippen molar-refractivity contribution in [3.05, 3.63) is 59.2 Å². The molecule has 0 aliphatic carbocycles. The van der Waals surface area contributed by atoms with Crippen molar-refractivity contribution in [1.29, 1.82) is 5.26 Å². The molecule has 0 radical (unpaired) electrons. The molecule has 0 heterocycles. The van der Waals surface area contributed by atoms with Gasteiger partial charge in [-0.05, 0) is 35.9 Å². The van der Waals surface area contributed by atoms with Crippen LogP contribution in [0.5, 0.6) is 11.5 Å². The number of ether oxygens (including phenoxy) is 2. The highest BCUT2D eigenvalue weighted by atomic mass is 16.5. The van der Waals surface area contributed by atoms with Crippen LogP contribution in [0.25, 0.3) is 0 Å². The lowest BCUT2D eigenvalue weighted by molar-refractivity contribution is 0.182. The number of aliphatic hydroxyl groups is 1. The first-order chi connectivity index (χ1) is 11.7. The quantitative estimate of drug-likeness (QED) is 0.807. The minimum absolute atomic E-state index is 0.0720. The van der Waals surface area contributed by atoms with E-state index in [0.29, 0.717) is 25.2 Å². The summed E-state index contributed by atoms with van der Waals surface area (Å²) in [5.74, 6) is 1.56. The van der Waals surface area contributed by atoms with Crippen LogP contribution in [0.4, 0.5) is 0 Å². The van der Waals surface area contributed by atoms with Crippen LogP contribution >= 0.6 is 0 Å². The highest BCUT2D eigenvalue weighted by Gasteiger charge is 2.12. The van der Waals surface area contributed by atoms with E-state index in [2.05, 4.69) is 11.0 Å². The zero-order valence-corrected chi connectivity index (χ0v) is 14.0. The third-order valence-corrected chi connectivity index (χ3v) is 3.79. The molecule has 0 saturated carbocycles. The van der Waals surface area contributed by atoms with Gasteiger partial charge in [0.15, 0.2) is 0 Å². The molecule has 126 valence electrons. The van der Waals surface area contributed by atoms with E-state index in [1.54, 1.807) is 26.4 Å². The standard InChI is InChI=1S/C19H22N2O3/c1-23-18-7-8-19(24-2)17(11-18)14-21(9-10-22)13-16-5-3-15(12-20)4-6-16/h3-8,11,22H,9-10,13-14H2,1-2H3. The Hall–Kier alpha value is -2.55. The van der Waals surface area contributed by atoms with Gasteiger partial charge in [-0.1, -0.05) is 12.1 Å². The zero-order valence-electron chi connectivity index (χ0n) is 14.0. The number of aliphatic hydroxyl groups excluding tert-OH is 1. The summed E-state index contributed by atoms with van der Waals surface area (Å²) in [5.41, 5.74) is 2.73. The topological polar surface area (TPSA) is 65.7 Å². The van der Waals surface area contributed by atoms with E-state index < -0.39 is 0 Å². The van der Waals surface area contributed by atoms with Crippen LogP contribution < -0.4 is 9.47 Å². The molecule has 2 aromatic rings. The predicted octanol–water partition coefficient (Wildman–Crippen LogP) is 2.57. The van der Waals surface area contributed by atoms with Gasteiger partial charge in [-0.3, -0.25) is 4.90 Å². The lowest BCUT2D eigenvalue weighted by atomic mass is 10.1. The van der Waals surface area contributed by atoms with Gasteiger partial charge in [0.05, 0.1) is 32.5 Å². The van der Waals surface area contributed by atoms with Crippen LogP contribution in [0.1, 0.15) is 16.7 Å². The monoisotopic (exact) mass is 326 g/mol. The average Bonchev–Trinajstić information content (AvgIpc) is 2.62. The fourth-order valence-electron chi connectivity index (χ4n) is 2.54. The number of nitrogens with zero attached hydrogens (tertiary/aromatic N) is 2. The Bertz CT molecular complexity index is 693. The minimum atomic E-state index is 0.0720. The molecule has 2 aromatic carbocycles. The first-order valence-corrected chi connectivity index (χ1v) is 7.73. The normalized spacial score (nSPS) is 10.5. The summed E-state index contributed by atoms with van der Waals surface area (Å²) in [4.78, 5) is 2.12. The number of benzene rings is 2. The summed E-state index contributed by atoms with van der Waals surface area (Å²) in [7, 11) is 3.27. The highest BCUT2D eigenvalue weighted by Crippen LogP contribution is 2.25. The molecule has 0 bridgehead atoms. The molecule has 5 nitrogen and oxygen atoms in total. The van der Waals surface area contributed by atoms with Crippen molar-refractivity contribution >= 4 is 0 Å². The number of methoxy groups -OCH3 is 2. The van der Waals surface area contributed by atoms with E-state index in [0.717, 1.165) is 22.6 Å². The van der Waals surface area contributed by atoms with Crippen molar-refractivity contribution in [3.63, 3.8) is 0 Å². The molecular formula is C19H22N2O3. The lowest BCUT2D eigenvalue weighted by Gasteiger charge is -2.23. The second-order valence-corrected chi connectivity index (χ2v) is 5.42. The summed E-state index contributed by atoms with van der Waals surface area (Å²) in [5, 5.41) is 18.2. The second kappa shape index (κ2) is 8.92. The first kappa shape index (κ1) is 17.8. The Labute approximate surface area is 142 Å². The highest BCUT2D eigenvalue weighted by molar-refractivity contribution is 5.40. The van der Waals surface area contributed by atoms with E-state index in [4.69, 9.17) is 14.7 Å². The minimum Gasteiger partial charge on any atom is -0.497 e. The van der Waals surface area contributed by atoms with Crippen molar-refractivity contribution < 1.29 is 14.6 Å². The molecule has 0 saturated heterocycles. The molecule has 5 heteroatoms. The molecule has 1 N–H and O–H groups in total. The Morgan fingerprint density at radius 2 is 1.79 bits per heavy atom. The van der Waals surface area contributed by atoms with Gasteiger partial charge in [0.1, 0.15) is 11.5 Å². The molecule has 0 atom stereocenters. The van der Waals surface area contributed by atoms with Crippen LogP contribution in [0.15, 0.2) is 42.5 Å². The second-order valence-electron chi connectivity index (χ2n) is 5.42. The number of rotatable bonds is 8. The summed E-state index contributed by atoms with van der Waals surface area (Å²) < 4.78 is 10.7. The van der Waals surface area contributed by atoms with Crippen molar-refractivity contribution in [2.45, 2.75) is 13.1 Å². The van der Waals surface area contributed by atoms with E-state index in [9.17, 15) is 5.11 Å². The third kappa shape index (κ3) is 4.72. The molecule has 0 amide bonds. The Kier molecular flexibility index (Phi) is 6.62. The Balaban J connectivity index is 2.17. The van der Waals surface area contributed by atoms with Gasteiger partial charge in [0.25, 0.3) is 0 Å². The largest absolute Gasteiger partial charge is 0.497 e. The molecule has 24 heavy (non-hydrogen) atoms. The molecule has 0 fully saturated rings. The molecular weight excluding hydrogens is 304 g/mol. The van der Waals surface area contributed by atoms with Gasteiger partial charge < -0.3 is 14.6 Å². The van der Waals surface area contributed by atoms with Crippen LogP contribution in [-0.4, -0.2) is 37.4 Å². The van der Waals surface area contributed by atoms with Gasteiger partial charge in [-0.25, -0.2) is 0 Å². The molecule has 0 aliphatic rings. The van der Waals surface area contributed by atoms with Crippen LogP contribution in [-0.2, 0) is 13.1 Å². The fourth-order valence-corrected chi connectivity index (χ4v) is 2.54. The summed E-state index contributed by atoms with van der Waals surface area (Å²) >= 11 is 0. The average molecular weight is 326 g/mol. The summed E-state index contributed by atoms with van der Waals surface area (Å²) in [6.45, 7) is 1.91. The van der Waals surface area contributed by atoms with E-state index in [-0.39, 0.29) is 6.61 Å². The Morgan fingerprint density at radius 3 is 2.38 bits per heavy atom. The molecule has 0 spiro atoms. The van der Waals surface area contributed by atoms with Gasteiger partial charge in [0.2, 0.25) is 0 Å². The predicted molar refractivity (Wildman–Crippen MR) is 91.9 cm³/mol. The van der Waals surface area contributed by atoms with Crippen LogP contribution in [0.3, 0.4) is 0 Å². The Morgan fingerprint density at radius 1 is 1.04 bits per heavy atom. The molecule has 0 unspecified atom stereocenters. The summed E-state index contributed by atoms with van der Waals surface area (Å²) in [6.07, 6.45) is 0. The smallest absolute Gasteiger partial charge is 0.123 e. The van der Waals surface area contributed by atoms with Crippen molar-refractivity contribution in [2.24, 2.45) is 0 Å². The van der Waals surface area contributed by atoms with Gasteiger partial charge in [0, 0.05) is 25.2 Å². The number of hydrogen-bond donors (Lipinski definition) is 1. The van der Waals surface area contributed by atoms with Crippen molar-refractivity contribution in [1.82, 2.24) is 4.90 Å². The summed E-state index contributed by atoms with van der Waals surface area (Å²) in [6, 6.07) is 15.3. The number of nitriles is 1. The van der Waals surface area contributed by atoms with Crippen molar-refractivity contribution in [2.75, 3.05) is 27.4 Å². The molecule has 0 aliphatic heterocycles. The van der Waals surface area contributed by atoms with E-state index >= 15 is 0 Å². The van der Waals surface area contributed by atoms with Gasteiger partial charge >= 0.3 is 0 Å². The van der Waals surface area contributed by atoms with Crippen LogP contribution in [0, 0.1) is 11.3 Å². The van der Waals surface area contributed by atoms with E-state index in [1.165, 1.54) is 0 Å². The van der Waals surface area contributed by atoms with Crippen molar-refractivity contribution in [3.8, 4) is 17.6 Å². The van der Waals surface area contributed by atoms with Gasteiger partial charge in [-0.15, -0.1) is 0 Å². The van der Waals surface area contributed by atoms with Gasteiger partial charge in [-0.2, -0.15) is 5.26 Å². The first-order valence-electron chi connectivity index (χ1n) is 7.73. The zero-order chi connectivity index (χ0) is 17.4. The maximum atomic E-state index is 9.36.